The summed E-state index contributed by atoms with van der Waals surface area (Å²) in [7, 11) is 5.36. The van der Waals surface area contributed by atoms with Crippen molar-refractivity contribution in [2.45, 2.75) is 26.0 Å². The molecule has 0 radical (unpaired) electrons. The van der Waals surface area contributed by atoms with Crippen LogP contribution in [-0.4, -0.2) is 38.1 Å². The van der Waals surface area contributed by atoms with E-state index >= 15 is 0 Å². The molecular formula is C14H22N2O2. The lowest BCUT2D eigenvalue weighted by Crippen LogP contribution is -2.35. The summed E-state index contributed by atoms with van der Waals surface area (Å²) in [5.41, 5.74) is 1.14. The molecule has 0 saturated heterocycles. The Hall–Kier alpha value is -1.55. The van der Waals surface area contributed by atoms with Gasteiger partial charge in [0.1, 0.15) is 5.75 Å². The standard InChI is InChI=1S/C14H22N2O2/c1-10(15-3)12-7-6-8-13(9-12)18-11(2)14(17)16(4)5/h6-11,15H,1-5H3. The molecule has 1 aromatic rings. The van der Waals surface area contributed by atoms with Gasteiger partial charge in [0.2, 0.25) is 0 Å². The van der Waals surface area contributed by atoms with Gasteiger partial charge in [0.15, 0.2) is 6.10 Å². The van der Waals surface area contributed by atoms with E-state index in [9.17, 15) is 4.79 Å². The Morgan fingerprint density at radius 2 is 2.00 bits per heavy atom. The van der Waals surface area contributed by atoms with Crippen molar-refractivity contribution >= 4 is 5.91 Å². The molecule has 1 amide bonds. The Balaban J connectivity index is 2.76. The highest BCUT2D eigenvalue weighted by Gasteiger charge is 2.16. The highest BCUT2D eigenvalue weighted by atomic mass is 16.5. The number of nitrogens with one attached hydrogen (secondary N) is 1. The second-order valence-electron chi connectivity index (χ2n) is 4.58. The van der Waals surface area contributed by atoms with Gasteiger partial charge in [-0.05, 0) is 38.6 Å². The normalized spacial score (nSPS) is 13.8. The van der Waals surface area contributed by atoms with Crippen LogP contribution < -0.4 is 10.1 Å². The van der Waals surface area contributed by atoms with Gasteiger partial charge in [-0.3, -0.25) is 4.79 Å². The quantitative estimate of drug-likeness (QED) is 0.866. The van der Waals surface area contributed by atoms with E-state index in [0.717, 1.165) is 11.3 Å². The molecule has 100 valence electrons. The van der Waals surface area contributed by atoms with Gasteiger partial charge < -0.3 is 15.0 Å². The highest BCUT2D eigenvalue weighted by Crippen LogP contribution is 2.20. The first-order valence-electron chi connectivity index (χ1n) is 6.10. The van der Waals surface area contributed by atoms with Crippen molar-refractivity contribution < 1.29 is 9.53 Å². The van der Waals surface area contributed by atoms with E-state index < -0.39 is 6.10 Å². The van der Waals surface area contributed by atoms with Crippen molar-refractivity contribution in [3.8, 4) is 5.75 Å². The maximum absolute atomic E-state index is 11.7. The van der Waals surface area contributed by atoms with Crippen molar-refractivity contribution in [1.29, 1.82) is 0 Å². The van der Waals surface area contributed by atoms with E-state index in [1.54, 1.807) is 21.0 Å². The molecule has 0 bridgehead atoms. The van der Waals surface area contributed by atoms with Crippen LogP contribution in [0, 0.1) is 0 Å². The summed E-state index contributed by atoms with van der Waals surface area (Å²) < 4.78 is 5.65. The van der Waals surface area contributed by atoms with E-state index in [1.165, 1.54) is 4.90 Å². The first-order valence-corrected chi connectivity index (χ1v) is 6.10. The lowest BCUT2D eigenvalue weighted by atomic mass is 10.1. The lowest BCUT2D eigenvalue weighted by molar-refractivity contribution is -0.135. The smallest absolute Gasteiger partial charge is 0.262 e. The van der Waals surface area contributed by atoms with Crippen LogP contribution in [0.25, 0.3) is 0 Å². The number of amides is 1. The summed E-state index contributed by atoms with van der Waals surface area (Å²) in [6.07, 6.45) is -0.472. The van der Waals surface area contributed by atoms with Gasteiger partial charge in [0.25, 0.3) is 5.91 Å². The third-order valence-corrected chi connectivity index (χ3v) is 2.89. The molecule has 18 heavy (non-hydrogen) atoms. The number of carbonyl (C=O) groups is 1. The minimum atomic E-state index is -0.472. The van der Waals surface area contributed by atoms with Crippen molar-refractivity contribution in [2.75, 3.05) is 21.1 Å². The Labute approximate surface area is 109 Å². The fraction of sp³-hybridized carbons (Fsp3) is 0.500. The van der Waals surface area contributed by atoms with Gasteiger partial charge in [-0.15, -0.1) is 0 Å². The van der Waals surface area contributed by atoms with Crippen LogP contribution in [0.15, 0.2) is 24.3 Å². The lowest BCUT2D eigenvalue weighted by Gasteiger charge is -2.19. The van der Waals surface area contributed by atoms with Crippen molar-refractivity contribution in [3.63, 3.8) is 0 Å². The number of ether oxygens (including phenoxy) is 1. The summed E-state index contributed by atoms with van der Waals surface area (Å²) in [5.74, 6) is 0.680. The summed E-state index contributed by atoms with van der Waals surface area (Å²) in [5, 5.41) is 3.17. The first kappa shape index (κ1) is 14.5. The predicted molar refractivity (Wildman–Crippen MR) is 72.7 cm³/mol. The molecule has 0 aliphatic rings. The number of benzene rings is 1. The number of hydrogen-bond acceptors (Lipinski definition) is 3. The first-order chi connectivity index (χ1) is 8.45. The fourth-order valence-corrected chi connectivity index (χ4v) is 1.64. The number of carbonyl (C=O) groups excluding carboxylic acids is 1. The summed E-state index contributed by atoms with van der Waals surface area (Å²) >= 11 is 0. The molecular weight excluding hydrogens is 228 g/mol. The zero-order chi connectivity index (χ0) is 13.7. The Kier molecular flexibility index (Phi) is 5.16. The molecule has 2 unspecified atom stereocenters. The van der Waals surface area contributed by atoms with E-state index in [0.29, 0.717) is 0 Å². The van der Waals surface area contributed by atoms with Crippen LogP contribution in [0.1, 0.15) is 25.5 Å². The highest BCUT2D eigenvalue weighted by molar-refractivity contribution is 5.80. The third-order valence-electron chi connectivity index (χ3n) is 2.89. The number of likely N-dealkylation sites (N-methyl/N-ethyl adjacent to an activating group) is 1. The van der Waals surface area contributed by atoms with Gasteiger partial charge in [-0.2, -0.15) is 0 Å². The molecule has 0 spiro atoms. The maximum atomic E-state index is 11.7. The van der Waals surface area contributed by atoms with E-state index in [1.807, 2.05) is 31.3 Å². The summed E-state index contributed by atoms with van der Waals surface area (Å²) in [6, 6.07) is 8.05. The van der Waals surface area contributed by atoms with Crippen LogP contribution in [0.2, 0.25) is 0 Å². The SMILES string of the molecule is CNC(C)c1cccc(OC(C)C(=O)N(C)C)c1. The van der Waals surface area contributed by atoms with Crippen molar-refractivity contribution in [2.24, 2.45) is 0 Å². The molecule has 1 N–H and O–H groups in total. The maximum Gasteiger partial charge on any atom is 0.262 e. The van der Waals surface area contributed by atoms with Crippen LogP contribution >= 0.6 is 0 Å². The predicted octanol–water partition coefficient (Wildman–Crippen LogP) is 1.82. The second kappa shape index (κ2) is 6.40. The molecule has 4 heteroatoms. The van der Waals surface area contributed by atoms with Crippen LogP contribution in [0.3, 0.4) is 0 Å². The van der Waals surface area contributed by atoms with Crippen LogP contribution in [-0.2, 0) is 4.79 Å². The molecule has 1 aromatic carbocycles. The molecule has 4 nitrogen and oxygen atoms in total. The summed E-state index contributed by atoms with van der Waals surface area (Å²) in [6.45, 7) is 3.84. The van der Waals surface area contributed by atoms with Crippen LogP contribution in [0.4, 0.5) is 0 Å². The minimum Gasteiger partial charge on any atom is -0.481 e. The second-order valence-corrected chi connectivity index (χ2v) is 4.58. The monoisotopic (exact) mass is 250 g/mol. The van der Waals surface area contributed by atoms with E-state index in [-0.39, 0.29) is 11.9 Å². The van der Waals surface area contributed by atoms with Gasteiger partial charge in [-0.25, -0.2) is 0 Å². The molecule has 0 aromatic heterocycles. The van der Waals surface area contributed by atoms with Gasteiger partial charge in [0, 0.05) is 20.1 Å². The number of nitrogens with zero attached hydrogens (tertiary/aromatic N) is 1. The topological polar surface area (TPSA) is 41.6 Å². The van der Waals surface area contributed by atoms with Crippen LogP contribution in [0.5, 0.6) is 5.75 Å². The van der Waals surface area contributed by atoms with Gasteiger partial charge in [0.05, 0.1) is 0 Å². The molecule has 0 aliphatic heterocycles. The van der Waals surface area contributed by atoms with Crippen molar-refractivity contribution in [1.82, 2.24) is 10.2 Å². The third kappa shape index (κ3) is 3.74. The number of rotatable bonds is 5. The Morgan fingerprint density at radius 1 is 1.33 bits per heavy atom. The molecule has 1 rings (SSSR count). The average Bonchev–Trinajstić information content (AvgIpc) is 2.36. The van der Waals surface area contributed by atoms with Crippen molar-refractivity contribution in [3.05, 3.63) is 29.8 Å². The minimum absolute atomic E-state index is 0.0398. The van der Waals surface area contributed by atoms with E-state index in [2.05, 4.69) is 12.2 Å². The zero-order valence-corrected chi connectivity index (χ0v) is 11.7. The Bertz CT molecular complexity index is 405. The number of hydrogen-bond donors (Lipinski definition) is 1. The Morgan fingerprint density at radius 3 is 2.56 bits per heavy atom. The molecule has 0 heterocycles. The largest absolute Gasteiger partial charge is 0.481 e. The summed E-state index contributed by atoms with van der Waals surface area (Å²) in [4.78, 5) is 13.2. The molecule has 0 saturated carbocycles. The van der Waals surface area contributed by atoms with E-state index in [4.69, 9.17) is 4.74 Å². The molecule has 2 atom stereocenters. The molecule has 0 fully saturated rings. The zero-order valence-electron chi connectivity index (χ0n) is 11.7. The van der Waals surface area contributed by atoms with Gasteiger partial charge in [-0.1, -0.05) is 12.1 Å². The molecule has 0 aliphatic carbocycles. The average molecular weight is 250 g/mol. The fourth-order valence-electron chi connectivity index (χ4n) is 1.64. The van der Waals surface area contributed by atoms with Gasteiger partial charge >= 0.3 is 0 Å².